The number of methoxy groups -OCH3 is 1. The Kier molecular flexibility index (Phi) is 3.54. The van der Waals surface area contributed by atoms with E-state index >= 15 is 0 Å². The maximum Gasteiger partial charge on any atom is 0.306 e. The summed E-state index contributed by atoms with van der Waals surface area (Å²) >= 11 is 0. The molecule has 0 aromatic heterocycles. The highest BCUT2D eigenvalue weighted by Crippen LogP contribution is 2.29. The Labute approximate surface area is 103 Å². The molecule has 0 spiro atoms. The molecule has 0 radical (unpaired) electrons. The van der Waals surface area contributed by atoms with Gasteiger partial charge in [-0.1, -0.05) is 0 Å². The molecule has 1 fully saturated rings. The molecule has 96 valence electrons. The minimum Gasteiger partial charge on any atom is -0.469 e. The molecule has 0 amide bonds. The topological polar surface area (TPSA) is 94.4 Å². The smallest absolute Gasteiger partial charge is 0.306 e. The van der Waals surface area contributed by atoms with Crippen LogP contribution < -0.4 is 5.43 Å². The van der Waals surface area contributed by atoms with Gasteiger partial charge in [-0.15, -0.1) is 0 Å². The summed E-state index contributed by atoms with van der Waals surface area (Å²) in [5, 5.41) is 12.4. The number of carbonyl (C=O) groups excluding carboxylic acids is 1. The van der Waals surface area contributed by atoms with Gasteiger partial charge in [-0.05, 0) is 17.7 Å². The van der Waals surface area contributed by atoms with Gasteiger partial charge >= 0.3 is 5.97 Å². The van der Waals surface area contributed by atoms with E-state index in [0.29, 0.717) is 13.0 Å². The lowest BCUT2D eigenvalue weighted by atomic mass is 10.2. The number of nitro groups is 1. The van der Waals surface area contributed by atoms with E-state index in [9.17, 15) is 14.9 Å². The van der Waals surface area contributed by atoms with Crippen LogP contribution in [0.2, 0.25) is 0 Å². The average molecular weight is 251 g/mol. The Balaban J connectivity index is 1.87. The van der Waals surface area contributed by atoms with Crippen molar-refractivity contribution in [3.8, 4) is 0 Å². The number of nitrogens with zero attached hydrogens (tertiary/aromatic N) is 2. The quantitative estimate of drug-likeness (QED) is 0.363. The van der Waals surface area contributed by atoms with E-state index in [-0.39, 0.29) is 17.8 Å². The molecule has 7 nitrogen and oxygen atoms in total. The Morgan fingerprint density at radius 2 is 2.17 bits per heavy atom. The van der Waals surface area contributed by atoms with Crippen LogP contribution in [0.1, 0.15) is 18.2 Å². The molecule has 1 aromatic rings. The largest absolute Gasteiger partial charge is 0.469 e. The van der Waals surface area contributed by atoms with E-state index in [1.807, 2.05) is 5.01 Å². The molecular formula is C11H13N3O4. The van der Waals surface area contributed by atoms with Crippen molar-refractivity contribution in [1.82, 2.24) is 10.4 Å². The van der Waals surface area contributed by atoms with Crippen LogP contribution >= 0.6 is 0 Å². The second kappa shape index (κ2) is 5.11. The zero-order chi connectivity index (χ0) is 13.1. The molecule has 2 unspecified atom stereocenters. The fraction of sp³-hybridized carbons (Fsp3) is 0.364. The highest BCUT2D eigenvalue weighted by molar-refractivity contribution is 5.69. The number of esters is 1. The molecule has 0 aliphatic carbocycles. The van der Waals surface area contributed by atoms with Gasteiger partial charge in [0, 0.05) is 18.7 Å². The molecule has 1 heterocycles. The lowest BCUT2D eigenvalue weighted by Gasteiger charge is -2.00. The molecule has 18 heavy (non-hydrogen) atoms. The van der Waals surface area contributed by atoms with Crippen molar-refractivity contribution in [2.45, 2.75) is 12.6 Å². The number of rotatable bonds is 5. The van der Waals surface area contributed by atoms with Gasteiger partial charge in [0.1, 0.15) is 6.17 Å². The predicted molar refractivity (Wildman–Crippen MR) is 62.3 cm³/mol. The fourth-order valence-electron chi connectivity index (χ4n) is 1.66. The van der Waals surface area contributed by atoms with E-state index in [1.54, 1.807) is 12.1 Å². The van der Waals surface area contributed by atoms with Crippen LogP contribution in [0.25, 0.3) is 0 Å². The second-order valence-corrected chi connectivity index (χ2v) is 3.90. The Morgan fingerprint density at radius 1 is 1.50 bits per heavy atom. The Bertz CT molecular complexity index is 460. The van der Waals surface area contributed by atoms with Crippen LogP contribution in [0, 0.1) is 10.1 Å². The van der Waals surface area contributed by atoms with Gasteiger partial charge in [0.25, 0.3) is 5.69 Å². The van der Waals surface area contributed by atoms with Gasteiger partial charge in [0.2, 0.25) is 0 Å². The van der Waals surface area contributed by atoms with Crippen LogP contribution in [0.5, 0.6) is 0 Å². The number of nitro benzene ring substituents is 1. The summed E-state index contributed by atoms with van der Waals surface area (Å²) in [5.74, 6) is -0.258. The minimum absolute atomic E-state index is 0.0236. The fourth-order valence-corrected chi connectivity index (χ4v) is 1.66. The molecule has 1 aliphatic rings. The van der Waals surface area contributed by atoms with Crippen molar-refractivity contribution in [1.29, 1.82) is 0 Å². The third kappa shape index (κ3) is 2.82. The number of benzene rings is 1. The number of carbonyl (C=O) groups is 1. The summed E-state index contributed by atoms with van der Waals surface area (Å²) in [5.41, 5.74) is 4.07. The lowest BCUT2D eigenvalue weighted by Crippen LogP contribution is -2.10. The Morgan fingerprint density at radius 3 is 2.72 bits per heavy atom. The van der Waals surface area contributed by atoms with Crippen LogP contribution in [-0.2, 0) is 9.53 Å². The van der Waals surface area contributed by atoms with Gasteiger partial charge in [0.15, 0.2) is 0 Å². The van der Waals surface area contributed by atoms with Crippen molar-refractivity contribution in [3.05, 3.63) is 39.9 Å². The first-order valence-corrected chi connectivity index (χ1v) is 5.46. The SMILES string of the molecule is COC(=O)CCN1NC1c1ccc([N+](=O)[O-])cc1. The van der Waals surface area contributed by atoms with Crippen molar-refractivity contribution in [2.24, 2.45) is 0 Å². The van der Waals surface area contributed by atoms with Crippen LogP contribution in [0.4, 0.5) is 5.69 Å². The minimum atomic E-state index is -0.431. The summed E-state index contributed by atoms with van der Waals surface area (Å²) in [7, 11) is 1.35. The zero-order valence-electron chi connectivity index (χ0n) is 9.83. The third-order valence-corrected chi connectivity index (χ3v) is 2.74. The van der Waals surface area contributed by atoms with Crippen LogP contribution in [-0.4, -0.2) is 29.6 Å². The first kappa shape index (κ1) is 12.5. The van der Waals surface area contributed by atoms with E-state index in [0.717, 1.165) is 5.56 Å². The molecule has 0 bridgehead atoms. The lowest BCUT2D eigenvalue weighted by molar-refractivity contribution is -0.384. The summed E-state index contributed by atoms with van der Waals surface area (Å²) in [4.78, 5) is 21.0. The van der Waals surface area contributed by atoms with Crippen LogP contribution in [0.15, 0.2) is 24.3 Å². The predicted octanol–water partition coefficient (Wildman–Crippen LogP) is 0.977. The molecular weight excluding hydrogens is 238 g/mol. The standard InChI is InChI=1S/C11H13N3O4/c1-18-10(15)6-7-13-11(12-13)8-2-4-9(5-3-8)14(16)17/h2-5,11-12H,6-7H2,1H3. The molecule has 1 N–H and O–H groups in total. The van der Waals surface area contributed by atoms with Gasteiger partial charge in [-0.2, -0.15) is 0 Å². The molecule has 1 aromatic carbocycles. The molecule has 7 heteroatoms. The maximum absolute atomic E-state index is 11.0. The monoisotopic (exact) mass is 251 g/mol. The number of non-ortho nitro benzene ring substituents is 1. The summed E-state index contributed by atoms with van der Waals surface area (Å²) in [6.45, 7) is 0.550. The average Bonchev–Trinajstić information content (AvgIpc) is 3.15. The maximum atomic E-state index is 11.0. The first-order valence-electron chi connectivity index (χ1n) is 5.46. The van der Waals surface area contributed by atoms with E-state index < -0.39 is 4.92 Å². The van der Waals surface area contributed by atoms with E-state index in [1.165, 1.54) is 19.2 Å². The summed E-state index contributed by atoms with van der Waals surface area (Å²) < 4.78 is 4.54. The van der Waals surface area contributed by atoms with Crippen molar-refractivity contribution >= 4 is 11.7 Å². The molecule has 2 rings (SSSR count). The van der Waals surface area contributed by atoms with Crippen molar-refractivity contribution < 1.29 is 14.5 Å². The molecule has 2 atom stereocenters. The van der Waals surface area contributed by atoms with E-state index in [4.69, 9.17) is 0 Å². The highest BCUT2D eigenvalue weighted by Gasteiger charge is 2.34. The number of nitrogens with one attached hydrogen (secondary N) is 1. The summed E-state index contributed by atoms with van der Waals surface area (Å²) in [6, 6.07) is 6.34. The number of ether oxygens (including phenoxy) is 1. The second-order valence-electron chi connectivity index (χ2n) is 3.90. The molecule has 0 saturated carbocycles. The Hall–Kier alpha value is -1.99. The first-order chi connectivity index (χ1) is 8.61. The normalized spacial score (nSPS) is 21.4. The summed E-state index contributed by atoms with van der Waals surface area (Å²) in [6.07, 6.45) is 0.336. The van der Waals surface area contributed by atoms with Crippen molar-refractivity contribution in [3.63, 3.8) is 0 Å². The van der Waals surface area contributed by atoms with Crippen molar-refractivity contribution in [2.75, 3.05) is 13.7 Å². The van der Waals surface area contributed by atoms with Gasteiger partial charge in [-0.3, -0.25) is 14.9 Å². The molecule has 1 aliphatic heterocycles. The van der Waals surface area contributed by atoms with Gasteiger partial charge in [0.05, 0.1) is 18.5 Å². The number of hydrogen-bond donors (Lipinski definition) is 1. The molecule has 1 saturated heterocycles. The zero-order valence-corrected chi connectivity index (χ0v) is 9.83. The number of hydrogen-bond acceptors (Lipinski definition) is 6. The highest BCUT2D eigenvalue weighted by atomic mass is 16.6. The van der Waals surface area contributed by atoms with Gasteiger partial charge in [-0.25, -0.2) is 10.4 Å². The number of hydrazine groups is 1. The van der Waals surface area contributed by atoms with E-state index in [2.05, 4.69) is 10.2 Å². The van der Waals surface area contributed by atoms with Crippen LogP contribution in [0.3, 0.4) is 0 Å². The van der Waals surface area contributed by atoms with Gasteiger partial charge < -0.3 is 4.74 Å². The third-order valence-electron chi connectivity index (χ3n) is 2.74.